The topological polar surface area (TPSA) is 140 Å². The summed E-state index contributed by atoms with van der Waals surface area (Å²) in [5.41, 5.74) is 3.51. The molecule has 0 bridgehead atoms. The van der Waals surface area contributed by atoms with Crippen LogP contribution in [0.15, 0.2) is 39.0 Å². The lowest BCUT2D eigenvalue weighted by Crippen LogP contribution is -2.29. The van der Waals surface area contributed by atoms with Crippen molar-refractivity contribution in [1.82, 2.24) is 19.1 Å². The first-order chi connectivity index (χ1) is 16.8. The number of benzene rings is 1. The number of hydrazone groups is 1. The number of hydrogen-bond acceptors (Lipinski definition) is 7. The highest BCUT2D eigenvalue weighted by atomic mass is 16.6. The van der Waals surface area contributed by atoms with Crippen LogP contribution < -0.4 is 16.7 Å². The number of nitrogens with zero attached hydrogens (tertiary/aromatic N) is 5. The van der Waals surface area contributed by atoms with Crippen LogP contribution in [0.4, 0.5) is 11.6 Å². The van der Waals surface area contributed by atoms with E-state index >= 15 is 0 Å². The van der Waals surface area contributed by atoms with Gasteiger partial charge >= 0.3 is 5.69 Å². The summed E-state index contributed by atoms with van der Waals surface area (Å²) in [5, 5.41) is 15.4. The Morgan fingerprint density at radius 1 is 1.14 bits per heavy atom. The van der Waals surface area contributed by atoms with Gasteiger partial charge in [-0.3, -0.25) is 24.5 Å². The van der Waals surface area contributed by atoms with Crippen molar-refractivity contribution in [2.24, 2.45) is 12.1 Å². The fraction of sp³-hybridized carbons (Fsp3) is 0.500. The van der Waals surface area contributed by atoms with Crippen molar-refractivity contribution in [3.8, 4) is 0 Å². The fourth-order valence-corrected chi connectivity index (χ4v) is 3.98. The van der Waals surface area contributed by atoms with Crippen LogP contribution in [0, 0.1) is 10.1 Å². The second kappa shape index (κ2) is 12.1. The highest BCUT2D eigenvalue weighted by Crippen LogP contribution is 2.19. The summed E-state index contributed by atoms with van der Waals surface area (Å²) in [6.07, 6.45) is 9.19. The molecule has 0 amide bonds. The van der Waals surface area contributed by atoms with Crippen molar-refractivity contribution in [2.45, 2.75) is 71.8 Å². The lowest BCUT2D eigenvalue weighted by Gasteiger charge is -2.09. The molecule has 0 saturated heterocycles. The molecule has 3 aromatic rings. The first-order valence-corrected chi connectivity index (χ1v) is 12.1. The molecule has 11 nitrogen and oxygen atoms in total. The van der Waals surface area contributed by atoms with Crippen LogP contribution in [-0.4, -0.2) is 29.7 Å². The number of nitrogens with one attached hydrogen (secondary N) is 2. The van der Waals surface area contributed by atoms with Gasteiger partial charge in [0.15, 0.2) is 11.2 Å². The van der Waals surface area contributed by atoms with Crippen LogP contribution in [0.25, 0.3) is 11.2 Å². The monoisotopic (exact) mass is 483 g/mol. The van der Waals surface area contributed by atoms with E-state index in [4.69, 9.17) is 0 Å². The summed E-state index contributed by atoms with van der Waals surface area (Å²) in [7, 11) is 1.55. The number of anilines is 1. The van der Waals surface area contributed by atoms with Gasteiger partial charge in [0.1, 0.15) is 0 Å². The number of aryl methyl sites for hydroxylation is 2. The molecular weight excluding hydrogens is 450 g/mol. The number of non-ortho nitro benzene ring substituents is 1. The highest BCUT2D eigenvalue weighted by Gasteiger charge is 2.17. The lowest BCUT2D eigenvalue weighted by atomic mass is 10.1. The second-order valence-corrected chi connectivity index (χ2v) is 8.67. The van der Waals surface area contributed by atoms with Gasteiger partial charge in [-0.25, -0.2) is 10.2 Å². The molecule has 188 valence electrons. The second-order valence-electron chi connectivity index (χ2n) is 8.67. The Morgan fingerprint density at radius 2 is 1.83 bits per heavy atom. The maximum Gasteiger partial charge on any atom is 0.329 e. The third-order valence-corrected chi connectivity index (χ3v) is 6.04. The average molecular weight is 484 g/mol. The van der Waals surface area contributed by atoms with Gasteiger partial charge in [0.25, 0.3) is 11.2 Å². The number of H-pyrrole nitrogens is 1. The number of aromatic nitrogens is 4. The van der Waals surface area contributed by atoms with E-state index in [1.54, 1.807) is 30.7 Å². The Hall–Kier alpha value is -3.76. The first kappa shape index (κ1) is 25.9. The number of fused-ring (bicyclic) bond motifs is 1. The molecule has 0 aliphatic carbocycles. The van der Waals surface area contributed by atoms with Crippen molar-refractivity contribution in [3.63, 3.8) is 0 Å². The molecule has 0 spiro atoms. The fourth-order valence-electron chi connectivity index (χ4n) is 3.98. The number of hydrogen-bond donors (Lipinski definition) is 2. The smallest absolute Gasteiger partial charge is 0.303 e. The molecule has 0 radical (unpaired) electrons. The van der Waals surface area contributed by atoms with Gasteiger partial charge in [0.2, 0.25) is 5.95 Å². The van der Waals surface area contributed by atoms with Gasteiger partial charge in [0.05, 0.1) is 10.6 Å². The van der Waals surface area contributed by atoms with Crippen molar-refractivity contribution in [2.75, 3.05) is 5.43 Å². The van der Waals surface area contributed by atoms with Crippen LogP contribution in [0.5, 0.6) is 0 Å². The Morgan fingerprint density at radius 3 is 2.51 bits per heavy atom. The van der Waals surface area contributed by atoms with Crippen molar-refractivity contribution < 1.29 is 4.92 Å². The van der Waals surface area contributed by atoms with Crippen molar-refractivity contribution in [3.05, 3.63) is 60.8 Å². The van der Waals surface area contributed by atoms with E-state index in [0.717, 1.165) is 19.3 Å². The molecule has 3 rings (SSSR count). The summed E-state index contributed by atoms with van der Waals surface area (Å²) in [6.45, 7) is 4.47. The van der Waals surface area contributed by atoms with Crippen LogP contribution in [0.3, 0.4) is 0 Å². The van der Waals surface area contributed by atoms with E-state index in [0.29, 0.717) is 29.3 Å². The molecular formula is C24H33N7O4. The summed E-state index contributed by atoms with van der Waals surface area (Å²) in [5.74, 6) is 0.333. The Labute approximate surface area is 203 Å². The van der Waals surface area contributed by atoms with E-state index in [1.165, 1.54) is 48.8 Å². The van der Waals surface area contributed by atoms with Crippen LogP contribution in [-0.2, 0) is 13.6 Å². The molecule has 0 aliphatic rings. The number of aromatic amines is 1. The largest absolute Gasteiger partial charge is 0.329 e. The van der Waals surface area contributed by atoms with Gasteiger partial charge in [-0.1, -0.05) is 64.0 Å². The number of nitro groups is 1. The lowest BCUT2D eigenvalue weighted by molar-refractivity contribution is -0.384. The molecule has 2 aromatic heterocycles. The zero-order chi connectivity index (χ0) is 25.4. The minimum Gasteiger partial charge on any atom is -0.303 e. The Bertz CT molecular complexity index is 1320. The molecule has 0 unspecified atom stereocenters. The van der Waals surface area contributed by atoms with Crippen molar-refractivity contribution >= 4 is 28.5 Å². The van der Waals surface area contributed by atoms with E-state index in [9.17, 15) is 19.7 Å². The standard InChI is InChI=1S/C24H33N7O4/c1-4-5-6-7-8-9-10-11-15-30-20-21(29(3)24(33)26-22(20)32)25-23(30)28-27-17(2)18-13-12-14-19(16-18)31(34)35/h12-14,16H,4-11,15H2,1-3H3,(H,25,28)(H,26,32,33). The van der Waals surface area contributed by atoms with Crippen LogP contribution in [0.1, 0.15) is 70.8 Å². The van der Waals surface area contributed by atoms with Gasteiger partial charge in [0, 0.05) is 31.3 Å². The molecule has 2 heterocycles. The third-order valence-electron chi connectivity index (χ3n) is 6.04. The highest BCUT2D eigenvalue weighted by molar-refractivity contribution is 5.99. The van der Waals surface area contributed by atoms with Crippen molar-refractivity contribution in [1.29, 1.82) is 0 Å². The molecule has 11 heteroatoms. The third kappa shape index (κ3) is 6.43. The number of imidazole rings is 1. The van der Waals surface area contributed by atoms with Gasteiger partial charge in [-0.15, -0.1) is 0 Å². The summed E-state index contributed by atoms with van der Waals surface area (Å²) >= 11 is 0. The van der Waals surface area contributed by atoms with Crippen LogP contribution in [0.2, 0.25) is 0 Å². The minimum atomic E-state index is -0.540. The average Bonchev–Trinajstić information content (AvgIpc) is 3.21. The molecule has 35 heavy (non-hydrogen) atoms. The molecule has 0 aliphatic heterocycles. The van der Waals surface area contributed by atoms with Gasteiger partial charge in [-0.2, -0.15) is 10.1 Å². The predicted octanol–water partition coefficient (Wildman–Crippen LogP) is 4.31. The summed E-state index contributed by atoms with van der Waals surface area (Å²) < 4.78 is 3.04. The number of nitro benzene ring substituents is 1. The quantitative estimate of drug-likeness (QED) is 0.161. The minimum absolute atomic E-state index is 0.0273. The predicted molar refractivity (Wildman–Crippen MR) is 137 cm³/mol. The maximum atomic E-state index is 12.6. The maximum absolute atomic E-state index is 12.6. The number of rotatable bonds is 13. The molecule has 1 aromatic carbocycles. The zero-order valence-electron chi connectivity index (χ0n) is 20.5. The van der Waals surface area contributed by atoms with E-state index in [-0.39, 0.29) is 11.3 Å². The molecule has 0 atom stereocenters. The SMILES string of the molecule is CCCCCCCCCCn1c(NN=C(C)c2cccc([N+](=O)[O-])c2)nc2c1c(=O)[nH]c(=O)n2C. The van der Waals surface area contributed by atoms with E-state index in [2.05, 4.69) is 27.4 Å². The van der Waals surface area contributed by atoms with Gasteiger partial charge < -0.3 is 4.57 Å². The molecule has 0 saturated carbocycles. The van der Waals surface area contributed by atoms with E-state index in [1.807, 2.05) is 0 Å². The molecule has 0 fully saturated rings. The Balaban J connectivity index is 1.82. The van der Waals surface area contributed by atoms with E-state index < -0.39 is 16.2 Å². The number of unbranched alkanes of at least 4 members (excludes halogenated alkanes) is 7. The normalized spacial score (nSPS) is 11.8. The van der Waals surface area contributed by atoms with Crippen LogP contribution >= 0.6 is 0 Å². The summed E-state index contributed by atoms with van der Waals surface area (Å²) in [4.78, 5) is 42.1. The first-order valence-electron chi connectivity index (χ1n) is 12.1. The summed E-state index contributed by atoms with van der Waals surface area (Å²) in [6, 6.07) is 6.18. The van der Waals surface area contributed by atoms with Gasteiger partial charge in [-0.05, 0) is 13.3 Å². The Kier molecular flexibility index (Phi) is 8.93. The molecule has 2 N–H and O–H groups in total. The zero-order valence-corrected chi connectivity index (χ0v) is 20.5.